The Labute approximate surface area is 149 Å². The standard InChI is InChI=1S/C10H16N.C9H21O3P/c1-11(2,3)9-10-7-5-4-6-8-10;1-3-4-5-6-7-8-9-13(10,11)12-2/h4-8H,9H2,1-3H3;3-9H2,1-2H3,(H,10,11)/q+1;/p-1. The van der Waals surface area contributed by atoms with Gasteiger partial charge in [-0.25, -0.2) is 0 Å². The second-order valence-electron chi connectivity index (χ2n) is 7.22. The highest BCUT2D eigenvalue weighted by Gasteiger charge is 2.06. The van der Waals surface area contributed by atoms with Crippen molar-refractivity contribution in [3.05, 3.63) is 35.9 Å². The third kappa shape index (κ3) is 14.9. The van der Waals surface area contributed by atoms with E-state index in [1.807, 2.05) is 0 Å². The molecular formula is C19H36NO3P. The molecule has 0 saturated carbocycles. The second-order valence-corrected chi connectivity index (χ2v) is 9.25. The lowest BCUT2D eigenvalue weighted by Crippen LogP contribution is -2.33. The lowest BCUT2D eigenvalue weighted by molar-refractivity contribution is -0.884. The summed E-state index contributed by atoms with van der Waals surface area (Å²) in [6.45, 7) is 3.26. The summed E-state index contributed by atoms with van der Waals surface area (Å²) in [4.78, 5) is 10.9. The van der Waals surface area contributed by atoms with Crippen LogP contribution < -0.4 is 4.89 Å². The molecule has 5 heteroatoms. The molecule has 0 spiro atoms. The predicted octanol–water partition coefficient (Wildman–Crippen LogP) is 4.44. The Morgan fingerprint density at radius 3 is 2.04 bits per heavy atom. The lowest BCUT2D eigenvalue weighted by atomic mass is 10.1. The van der Waals surface area contributed by atoms with Crippen LogP contribution >= 0.6 is 7.60 Å². The van der Waals surface area contributed by atoms with Crippen LogP contribution in [0.5, 0.6) is 0 Å². The van der Waals surface area contributed by atoms with Crippen molar-refractivity contribution in [3.63, 3.8) is 0 Å². The molecule has 0 bridgehead atoms. The molecule has 140 valence electrons. The number of rotatable bonds is 10. The Balaban J connectivity index is 0.000000446. The molecule has 1 aromatic rings. The third-order valence-corrected chi connectivity index (χ3v) is 4.98. The van der Waals surface area contributed by atoms with E-state index < -0.39 is 7.60 Å². The molecule has 1 unspecified atom stereocenters. The SMILES string of the molecule is CCCCCCCCP(=O)([O-])OC.C[N+](C)(C)Cc1ccccc1. The van der Waals surface area contributed by atoms with Gasteiger partial charge in [-0.2, -0.15) is 0 Å². The third-order valence-electron chi connectivity index (χ3n) is 3.56. The van der Waals surface area contributed by atoms with E-state index in [4.69, 9.17) is 0 Å². The van der Waals surface area contributed by atoms with E-state index in [-0.39, 0.29) is 6.16 Å². The largest absolute Gasteiger partial charge is 0.779 e. The molecule has 1 rings (SSSR count). The smallest absolute Gasteiger partial charge is 0.134 e. The highest BCUT2D eigenvalue weighted by molar-refractivity contribution is 7.51. The maximum Gasteiger partial charge on any atom is 0.134 e. The van der Waals surface area contributed by atoms with Crippen LogP contribution in [0.1, 0.15) is 51.0 Å². The van der Waals surface area contributed by atoms with Gasteiger partial charge in [-0.05, 0) is 6.42 Å². The summed E-state index contributed by atoms with van der Waals surface area (Å²) in [5.74, 6) is 0. The molecule has 0 saturated heterocycles. The Morgan fingerprint density at radius 2 is 1.54 bits per heavy atom. The number of hydrogen-bond donors (Lipinski definition) is 0. The number of unbranched alkanes of at least 4 members (excludes halogenated alkanes) is 5. The Hall–Kier alpha value is -0.670. The fourth-order valence-corrected chi connectivity index (χ4v) is 3.10. The van der Waals surface area contributed by atoms with Crippen LogP contribution in [0.15, 0.2) is 30.3 Å². The first-order valence-electron chi connectivity index (χ1n) is 8.90. The van der Waals surface area contributed by atoms with Crippen molar-refractivity contribution in [2.75, 3.05) is 34.4 Å². The van der Waals surface area contributed by atoms with E-state index in [0.717, 1.165) is 30.3 Å². The van der Waals surface area contributed by atoms with Crippen LogP contribution in [0.25, 0.3) is 0 Å². The monoisotopic (exact) mass is 357 g/mol. The van der Waals surface area contributed by atoms with Gasteiger partial charge in [0, 0.05) is 18.8 Å². The summed E-state index contributed by atoms with van der Waals surface area (Å²) in [5.41, 5.74) is 1.40. The quantitative estimate of drug-likeness (QED) is 0.353. The van der Waals surface area contributed by atoms with Crippen molar-refractivity contribution in [1.82, 2.24) is 0 Å². The number of benzene rings is 1. The fraction of sp³-hybridized carbons (Fsp3) is 0.684. The van der Waals surface area contributed by atoms with Crippen molar-refractivity contribution in [1.29, 1.82) is 0 Å². The average Bonchev–Trinajstić information content (AvgIpc) is 2.51. The van der Waals surface area contributed by atoms with Crippen LogP contribution in [0.2, 0.25) is 0 Å². The van der Waals surface area contributed by atoms with Crippen molar-refractivity contribution in [2.24, 2.45) is 0 Å². The summed E-state index contributed by atoms with van der Waals surface area (Å²) in [6, 6.07) is 10.6. The molecular weight excluding hydrogens is 321 g/mol. The first-order valence-corrected chi connectivity index (χ1v) is 10.6. The minimum absolute atomic E-state index is 0.190. The molecule has 1 atom stereocenters. The highest BCUT2D eigenvalue weighted by Crippen LogP contribution is 2.36. The molecule has 1 aromatic carbocycles. The van der Waals surface area contributed by atoms with Gasteiger partial charge in [-0.1, -0.05) is 69.4 Å². The van der Waals surface area contributed by atoms with Crippen LogP contribution in [-0.4, -0.2) is 38.9 Å². The maximum absolute atomic E-state index is 10.9. The topological polar surface area (TPSA) is 49.4 Å². The van der Waals surface area contributed by atoms with Crippen molar-refractivity contribution < 1.29 is 18.5 Å². The Morgan fingerprint density at radius 1 is 1.00 bits per heavy atom. The zero-order valence-corrected chi connectivity index (χ0v) is 17.1. The summed E-state index contributed by atoms with van der Waals surface area (Å²) in [7, 11) is 4.35. The van der Waals surface area contributed by atoms with Gasteiger partial charge in [-0.3, -0.25) is 0 Å². The van der Waals surface area contributed by atoms with E-state index >= 15 is 0 Å². The molecule has 24 heavy (non-hydrogen) atoms. The first-order chi connectivity index (χ1) is 11.2. The number of hydrogen-bond acceptors (Lipinski definition) is 3. The van der Waals surface area contributed by atoms with Crippen molar-refractivity contribution >= 4 is 7.60 Å². The van der Waals surface area contributed by atoms with Gasteiger partial charge in [0.1, 0.15) is 14.1 Å². The molecule has 0 amide bonds. The van der Waals surface area contributed by atoms with Gasteiger partial charge >= 0.3 is 0 Å². The van der Waals surface area contributed by atoms with Gasteiger partial charge in [-0.15, -0.1) is 0 Å². The molecule has 4 nitrogen and oxygen atoms in total. The van der Waals surface area contributed by atoms with Crippen molar-refractivity contribution in [3.8, 4) is 0 Å². The van der Waals surface area contributed by atoms with E-state index in [9.17, 15) is 9.46 Å². The van der Waals surface area contributed by atoms with E-state index in [1.165, 1.54) is 31.9 Å². The van der Waals surface area contributed by atoms with Crippen LogP contribution in [0.4, 0.5) is 0 Å². The minimum Gasteiger partial charge on any atom is -0.779 e. The van der Waals surface area contributed by atoms with Gasteiger partial charge in [0.15, 0.2) is 0 Å². The minimum atomic E-state index is -3.48. The lowest BCUT2D eigenvalue weighted by Gasteiger charge is -2.23. The Bertz CT molecular complexity index is 457. The molecule has 0 aliphatic heterocycles. The van der Waals surface area contributed by atoms with Crippen LogP contribution in [0, 0.1) is 0 Å². The molecule has 0 aliphatic carbocycles. The molecule has 0 N–H and O–H groups in total. The average molecular weight is 357 g/mol. The second kappa shape index (κ2) is 12.7. The summed E-state index contributed by atoms with van der Waals surface area (Å²) < 4.78 is 16.2. The van der Waals surface area contributed by atoms with E-state index in [1.54, 1.807) is 0 Å². The van der Waals surface area contributed by atoms with E-state index in [2.05, 4.69) is 62.9 Å². The molecule has 0 fully saturated rings. The Kier molecular flexibility index (Phi) is 12.3. The molecule has 0 aromatic heterocycles. The van der Waals surface area contributed by atoms with Crippen LogP contribution in [-0.2, 0) is 15.6 Å². The normalized spacial score (nSPS) is 13.8. The first kappa shape index (κ1) is 23.3. The number of quaternary nitrogens is 1. The summed E-state index contributed by atoms with van der Waals surface area (Å²) in [6.07, 6.45) is 6.74. The highest BCUT2D eigenvalue weighted by atomic mass is 31.2. The maximum atomic E-state index is 10.9. The fourth-order valence-electron chi connectivity index (χ4n) is 2.31. The van der Waals surface area contributed by atoms with Gasteiger partial charge < -0.3 is 18.5 Å². The molecule has 0 radical (unpaired) electrons. The van der Waals surface area contributed by atoms with Crippen molar-refractivity contribution in [2.45, 2.75) is 52.0 Å². The van der Waals surface area contributed by atoms with Crippen LogP contribution in [0.3, 0.4) is 0 Å². The predicted molar refractivity (Wildman–Crippen MR) is 101 cm³/mol. The molecule has 0 heterocycles. The van der Waals surface area contributed by atoms with Gasteiger partial charge in [0.05, 0.1) is 21.1 Å². The zero-order valence-electron chi connectivity index (χ0n) is 16.2. The zero-order chi connectivity index (χ0) is 18.5. The van der Waals surface area contributed by atoms with Gasteiger partial charge in [0.25, 0.3) is 0 Å². The molecule has 0 aliphatic rings. The summed E-state index contributed by atoms with van der Waals surface area (Å²) >= 11 is 0. The van der Waals surface area contributed by atoms with Gasteiger partial charge in [0.2, 0.25) is 0 Å². The summed E-state index contributed by atoms with van der Waals surface area (Å²) in [5, 5.41) is 0. The van der Waals surface area contributed by atoms with E-state index in [0.29, 0.717) is 0 Å². The number of nitrogens with zero attached hydrogens (tertiary/aromatic N) is 1.